The molecule has 3 N–H and O–H groups in total. The predicted octanol–water partition coefficient (Wildman–Crippen LogP) is 1.13. The standard InChI is InChI=1S/C10H13NO3/c1-7(11-6-10(13)14)8-4-2-3-5-9(8)12/h2-5,7,11-12H,6H2,1H3,(H,13,14). The number of rotatable bonds is 4. The van der Waals surface area contributed by atoms with E-state index in [0.717, 1.165) is 0 Å². The molecule has 0 aliphatic rings. The van der Waals surface area contributed by atoms with E-state index in [4.69, 9.17) is 5.11 Å². The van der Waals surface area contributed by atoms with Crippen molar-refractivity contribution in [1.82, 2.24) is 5.32 Å². The maximum absolute atomic E-state index is 10.3. The van der Waals surface area contributed by atoms with Crippen LogP contribution < -0.4 is 5.32 Å². The van der Waals surface area contributed by atoms with E-state index in [-0.39, 0.29) is 18.3 Å². The van der Waals surface area contributed by atoms with Crippen molar-refractivity contribution in [2.45, 2.75) is 13.0 Å². The molecule has 1 unspecified atom stereocenters. The van der Waals surface area contributed by atoms with Crippen LogP contribution >= 0.6 is 0 Å². The summed E-state index contributed by atoms with van der Waals surface area (Å²) in [6.07, 6.45) is 0. The Kier molecular flexibility index (Phi) is 3.48. The highest BCUT2D eigenvalue weighted by Crippen LogP contribution is 2.22. The van der Waals surface area contributed by atoms with Crippen molar-refractivity contribution < 1.29 is 15.0 Å². The molecule has 0 bridgehead atoms. The lowest BCUT2D eigenvalue weighted by Gasteiger charge is -2.13. The lowest BCUT2D eigenvalue weighted by atomic mass is 10.1. The number of hydrogen-bond donors (Lipinski definition) is 3. The topological polar surface area (TPSA) is 69.6 Å². The first-order chi connectivity index (χ1) is 6.61. The molecule has 0 aromatic heterocycles. The molecule has 0 spiro atoms. The first-order valence-electron chi connectivity index (χ1n) is 4.34. The Bertz CT molecular complexity index is 325. The molecular formula is C10H13NO3. The molecule has 0 fully saturated rings. The molecular weight excluding hydrogens is 182 g/mol. The van der Waals surface area contributed by atoms with Gasteiger partial charge < -0.3 is 15.5 Å². The number of phenols is 1. The molecule has 76 valence electrons. The summed E-state index contributed by atoms with van der Waals surface area (Å²) >= 11 is 0. The molecule has 1 aromatic carbocycles. The number of carbonyl (C=O) groups is 1. The molecule has 1 atom stereocenters. The Balaban J connectivity index is 2.65. The van der Waals surface area contributed by atoms with Crippen LogP contribution in [0.2, 0.25) is 0 Å². The third kappa shape index (κ3) is 2.74. The quantitative estimate of drug-likeness (QED) is 0.673. The van der Waals surface area contributed by atoms with Crippen molar-refractivity contribution >= 4 is 5.97 Å². The summed E-state index contributed by atoms with van der Waals surface area (Å²) in [5.74, 6) is -0.731. The minimum absolute atomic E-state index is 0.116. The molecule has 0 saturated carbocycles. The molecule has 0 heterocycles. The fourth-order valence-electron chi connectivity index (χ4n) is 1.20. The number of aromatic hydroxyl groups is 1. The molecule has 0 amide bonds. The van der Waals surface area contributed by atoms with Crippen LogP contribution in [-0.4, -0.2) is 22.7 Å². The number of hydrogen-bond acceptors (Lipinski definition) is 3. The third-order valence-corrected chi connectivity index (χ3v) is 1.96. The number of phenolic OH excluding ortho intramolecular Hbond substituents is 1. The first-order valence-corrected chi connectivity index (χ1v) is 4.34. The Labute approximate surface area is 82.2 Å². The second kappa shape index (κ2) is 4.62. The maximum Gasteiger partial charge on any atom is 0.317 e. The van der Waals surface area contributed by atoms with E-state index in [0.29, 0.717) is 5.56 Å². The number of carboxylic acids is 1. The van der Waals surface area contributed by atoms with Crippen LogP contribution in [0.3, 0.4) is 0 Å². The van der Waals surface area contributed by atoms with Crippen molar-refractivity contribution in [3.8, 4) is 5.75 Å². The molecule has 0 aliphatic heterocycles. The van der Waals surface area contributed by atoms with E-state index in [1.54, 1.807) is 31.2 Å². The molecule has 1 aromatic rings. The second-order valence-electron chi connectivity index (χ2n) is 3.06. The molecule has 0 aliphatic carbocycles. The highest BCUT2D eigenvalue weighted by molar-refractivity contribution is 5.69. The summed E-state index contributed by atoms with van der Waals surface area (Å²) in [4.78, 5) is 10.3. The van der Waals surface area contributed by atoms with Crippen LogP contribution in [0.1, 0.15) is 18.5 Å². The second-order valence-corrected chi connectivity index (χ2v) is 3.06. The number of carboxylic acid groups (broad SMARTS) is 1. The Morgan fingerprint density at radius 3 is 2.71 bits per heavy atom. The Morgan fingerprint density at radius 1 is 1.50 bits per heavy atom. The van der Waals surface area contributed by atoms with E-state index >= 15 is 0 Å². The fraction of sp³-hybridized carbons (Fsp3) is 0.300. The maximum atomic E-state index is 10.3. The molecule has 0 radical (unpaired) electrons. The SMILES string of the molecule is CC(NCC(=O)O)c1ccccc1O. The highest BCUT2D eigenvalue weighted by Gasteiger charge is 2.09. The van der Waals surface area contributed by atoms with Crippen molar-refractivity contribution in [3.05, 3.63) is 29.8 Å². The number of benzene rings is 1. The smallest absolute Gasteiger partial charge is 0.317 e. The Hall–Kier alpha value is -1.55. The van der Waals surface area contributed by atoms with Crippen LogP contribution in [0.15, 0.2) is 24.3 Å². The number of nitrogens with one attached hydrogen (secondary N) is 1. The normalized spacial score (nSPS) is 12.4. The zero-order valence-electron chi connectivity index (χ0n) is 7.90. The van der Waals surface area contributed by atoms with E-state index in [2.05, 4.69) is 5.32 Å². The van der Waals surface area contributed by atoms with Gasteiger partial charge in [-0.15, -0.1) is 0 Å². The summed E-state index contributed by atoms with van der Waals surface area (Å²) in [5.41, 5.74) is 0.703. The van der Waals surface area contributed by atoms with Gasteiger partial charge in [0.15, 0.2) is 0 Å². The Morgan fingerprint density at radius 2 is 2.14 bits per heavy atom. The minimum atomic E-state index is -0.910. The number of para-hydroxylation sites is 1. The van der Waals surface area contributed by atoms with Gasteiger partial charge in [0.25, 0.3) is 0 Å². The average Bonchev–Trinajstić information content (AvgIpc) is 2.15. The number of aliphatic carboxylic acids is 1. The summed E-state index contributed by atoms with van der Waals surface area (Å²) in [6, 6.07) is 6.69. The van der Waals surface area contributed by atoms with Gasteiger partial charge in [0, 0.05) is 11.6 Å². The lowest BCUT2D eigenvalue weighted by molar-refractivity contribution is -0.136. The van der Waals surface area contributed by atoms with Gasteiger partial charge in [0.2, 0.25) is 0 Å². The van der Waals surface area contributed by atoms with E-state index in [9.17, 15) is 9.90 Å². The zero-order chi connectivity index (χ0) is 10.6. The van der Waals surface area contributed by atoms with Gasteiger partial charge in [0.05, 0.1) is 6.54 Å². The van der Waals surface area contributed by atoms with Crippen molar-refractivity contribution in [3.63, 3.8) is 0 Å². The molecule has 4 nitrogen and oxygen atoms in total. The van der Waals surface area contributed by atoms with Gasteiger partial charge in [-0.1, -0.05) is 18.2 Å². The first kappa shape index (κ1) is 10.5. The highest BCUT2D eigenvalue weighted by atomic mass is 16.4. The van der Waals surface area contributed by atoms with Gasteiger partial charge in [-0.3, -0.25) is 4.79 Å². The molecule has 0 saturated heterocycles. The molecule has 14 heavy (non-hydrogen) atoms. The van der Waals surface area contributed by atoms with Crippen LogP contribution in [0, 0.1) is 0 Å². The van der Waals surface area contributed by atoms with E-state index < -0.39 is 5.97 Å². The summed E-state index contributed by atoms with van der Waals surface area (Å²) < 4.78 is 0. The molecule has 4 heteroatoms. The predicted molar refractivity (Wildman–Crippen MR) is 52.2 cm³/mol. The van der Waals surface area contributed by atoms with Crippen LogP contribution in [-0.2, 0) is 4.79 Å². The average molecular weight is 195 g/mol. The van der Waals surface area contributed by atoms with Crippen LogP contribution in [0.25, 0.3) is 0 Å². The third-order valence-electron chi connectivity index (χ3n) is 1.96. The zero-order valence-corrected chi connectivity index (χ0v) is 7.90. The van der Waals surface area contributed by atoms with E-state index in [1.807, 2.05) is 0 Å². The molecule has 1 rings (SSSR count). The summed E-state index contributed by atoms with van der Waals surface area (Å²) in [7, 11) is 0. The van der Waals surface area contributed by atoms with Crippen molar-refractivity contribution in [2.75, 3.05) is 6.54 Å². The van der Waals surface area contributed by atoms with Crippen molar-refractivity contribution in [1.29, 1.82) is 0 Å². The van der Waals surface area contributed by atoms with Gasteiger partial charge in [0.1, 0.15) is 5.75 Å². The largest absolute Gasteiger partial charge is 0.508 e. The van der Waals surface area contributed by atoms with Gasteiger partial charge in [-0.2, -0.15) is 0 Å². The van der Waals surface area contributed by atoms with Gasteiger partial charge in [-0.05, 0) is 13.0 Å². The van der Waals surface area contributed by atoms with Crippen LogP contribution in [0.4, 0.5) is 0 Å². The van der Waals surface area contributed by atoms with E-state index in [1.165, 1.54) is 0 Å². The summed E-state index contributed by atoms with van der Waals surface area (Å²) in [5, 5.41) is 20.7. The lowest BCUT2D eigenvalue weighted by Crippen LogP contribution is -2.25. The van der Waals surface area contributed by atoms with Crippen molar-refractivity contribution in [2.24, 2.45) is 0 Å². The minimum Gasteiger partial charge on any atom is -0.508 e. The van der Waals surface area contributed by atoms with Crippen LogP contribution in [0.5, 0.6) is 5.75 Å². The van der Waals surface area contributed by atoms with Gasteiger partial charge in [-0.25, -0.2) is 0 Å². The monoisotopic (exact) mass is 195 g/mol. The fourth-order valence-corrected chi connectivity index (χ4v) is 1.20. The summed E-state index contributed by atoms with van der Waals surface area (Å²) in [6.45, 7) is 1.69. The van der Waals surface area contributed by atoms with Gasteiger partial charge >= 0.3 is 5.97 Å².